The summed E-state index contributed by atoms with van der Waals surface area (Å²) in [6.07, 6.45) is 4.33. The quantitative estimate of drug-likeness (QED) is 0.831. The number of rotatable bonds is 4. The van der Waals surface area contributed by atoms with E-state index in [0.717, 1.165) is 35.9 Å². The van der Waals surface area contributed by atoms with Crippen molar-refractivity contribution in [1.29, 1.82) is 0 Å². The number of hydrogen-bond acceptors (Lipinski definition) is 5. The highest BCUT2D eigenvalue weighted by molar-refractivity contribution is 7.19. The molecule has 2 heterocycles. The first-order chi connectivity index (χ1) is 8.79. The molecule has 0 saturated carbocycles. The van der Waals surface area contributed by atoms with Crippen molar-refractivity contribution < 1.29 is 5.11 Å². The number of anilines is 1. The summed E-state index contributed by atoms with van der Waals surface area (Å²) in [6, 6.07) is 0. The number of aliphatic hydroxyl groups excluding tert-OH is 1. The lowest BCUT2D eigenvalue weighted by atomic mass is 10.2. The second-order valence-electron chi connectivity index (χ2n) is 4.66. The van der Waals surface area contributed by atoms with Crippen molar-refractivity contribution in [2.45, 2.75) is 32.6 Å². The fourth-order valence-electron chi connectivity index (χ4n) is 2.52. The van der Waals surface area contributed by atoms with Crippen LogP contribution in [-0.2, 0) is 12.8 Å². The first-order valence-corrected chi connectivity index (χ1v) is 7.25. The van der Waals surface area contributed by atoms with Gasteiger partial charge in [0.15, 0.2) is 0 Å². The molecule has 1 aliphatic carbocycles. The minimum Gasteiger partial charge on any atom is -0.396 e. The van der Waals surface area contributed by atoms with Gasteiger partial charge in [-0.2, -0.15) is 0 Å². The second-order valence-corrected chi connectivity index (χ2v) is 5.74. The van der Waals surface area contributed by atoms with Crippen molar-refractivity contribution in [1.82, 2.24) is 9.97 Å². The Morgan fingerprint density at radius 2 is 2.22 bits per heavy atom. The third kappa shape index (κ3) is 1.97. The van der Waals surface area contributed by atoms with Crippen molar-refractivity contribution in [3.05, 3.63) is 16.3 Å². The zero-order valence-corrected chi connectivity index (χ0v) is 11.3. The molecule has 2 aromatic heterocycles. The van der Waals surface area contributed by atoms with E-state index >= 15 is 0 Å². The number of aromatic nitrogens is 2. The number of aryl methyl sites for hydroxylation is 3. The largest absolute Gasteiger partial charge is 0.396 e. The van der Waals surface area contributed by atoms with Gasteiger partial charge in [0.1, 0.15) is 16.5 Å². The molecule has 0 radical (unpaired) electrons. The summed E-state index contributed by atoms with van der Waals surface area (Å²) in [4.78, 5) is 11.7. The molecular formula is C13H17N3OS. The summed E-state index contributed by atoms with van der Waals surface area (Å²) in [6.45, 7) is 2.90. The zero-order chi connectivity index (χ0) is 12.5. The summed E-state index contributed by atoms with van der Waals surface area (Å²) < 4.78 is 0. The molecule has 0 atom stereocenters. The molecule has 0 aliphatic heterocycles. The van der Waals surface area contributed by atoms with Crippen LogP contribution in [0.4, 0.5) is 5.82 Å². The van der Waals surface area contributed by atoms with Gasteiger partial charge >= 0.3 is 0 Å². The molecule has 0 unspecified atom stereocenters. The lowest BCUT2D eigenvalue weighted by Crippen LogP contribution is -2.07. The van der Waals surface area contributed by atoms with Crippen LogP contribution in [0.3, 0.4) is 0 Å². The van der Waals surface area contributed by atoms with Gasteiger partial charge < -0.3 is 10.4 Å². The van der Waals surface area contributed by atoms with Crippen LogP contribution in [0.25, 0.3) is 10.2 Å². The molecule has 2 N–H and O–H groups in total. The van der Waals surface area contributed by atoms with E-state index in [9.17, 15) is 0 Å². The van der Waals surface area contributed by atoms with E-state index < -0.39 is 0 Å². The Kier molecular flexibility index (Phi) is 3.18. The van der Waals surface area contributed by atoms with Crippen molar-refractivity contribution in [3.8, 4) is 0 Å². The minimum absolute atomic E-state index is 0.210. The van der Waals surface area contributed by atoms with Gasteiger partial charge in [0.05, 0.1) is 5.39 Å². The predicted octanol–water partition coefficient (Wildman–Crippen LogP) is 2.28. The van der Waals surface area contributed by atoms with E-state index in [0.29, 0.717) is 0 Å². The maximum Gasteiger partial charge on any atom is 0.138 e. The van der Waals surface area contributed by atoms with Crippen LogP contribution in [0.1, 0.15) is 29.1 Å². The van der Waals surface area contributed by atoms with E-state index in [1.54, 1.807) is 0 Å². The van der Waals surface area contributed by atoms with E-state index in [-0.39, 0.29) is 6.61 Å². The summed E-state index contributed by atoms with van der Waals surface area (Å²) in [5, 5.41) is 13.4. The maximum absolute atomic E-state index is 8.86. The number of hydrogen-bond donors (Lipinski definition) is 2. The first-order valence-electron chi connectivity index (χ1n) is 6.43. The lowest BCUT2D eigenvalue weighted by molar-refractivity contribution is 0.292. The molecule has 0 amide bonds. The highest BCUT2D eigenvalue weighted by atomic mass is 32.1. The third-order valence-electron chi connectivity index (χ3n) is 3.30. The molecule has 1 aliphatic rings. The van der Waals surface area contributed by atoms with Crippen LogP contribution in [0.2, 0.25) is 0 Å². The topological polar surface area (TPSA) is 58.0 Å². The number of aliphatic hydroxyl groups is 1. The Morgan fingerprint density at radius 1 is 1.33 bits per heavy atom. The summed E-state index contributed by atoms with van der Waals surface area (Å²) in [5.41, 5.74) is 1.45. The van der Waals surface area contributed by atoms with E-state index in [1.807, 2.05) is 18.3 Å². The molecule has 18 heavy (non-hydrogen) atoms. The fourth-order valence-corrected chi connectivity index (χ4v) is 3.82. The molecule has 0 aromatic carbocycles. The van der Waals surface area contributed by atoms with Crippen LogP contribution in [0.5, 0.6) is 0 Å². The lowest BCUT2D eigenvalue weighted by Gasteiger charge is -2.08. The highest BCUT2D eigenvalue weighted by Crippen LogP contribution is 2.39. The summed E-state index contributed by atoms with van der Waals surface area (Å²) >= 11 is 1.81. The van der Waals surface area contributed by atoms with Gasteiger partial charge in [-0.05, 0) is 38.2 Å². The number of fused-ring (bicyclic) bond motifs is 3. The average Bonchev–Trinajstić information content (AvgIpc) is 2.88. The van der Waals surface area contributed by atoms with Gasteiger partial charge in [0.2, 0.25) is 0 Å². The van der Waals surface area contributed by atoms with Gasteiger partial charge in [-0.1, -0.05) is 0 Å². The minimum atomic E-state index is 0.210. The highest BCUT2D eigenvalue weighted by Gasteiger charge is 2.21. The Bertz CT molecular complexity index is 579. The average molecular weight is 263 g/mol. The molecule has 0 saturated heterocycles. The molecular weight excluding hydrogens is 246 g/mol. The van der Waals surface area contributed by atoms with Crippen LogP contribution in [0.15, 0.2) is 0 Å². The molecule has 2 aromatic rings. The fraction of sp³-hybridized carbons (Fsp3) is 0.538. The molecule has 0 bridgehead atoms. The van der Waals surface area contributed by atoms with Crippen LogP contribution < -0.4 is 5.32 Å². The van der Waals surface area contributed by atoms with Gasteiger partial charge in [0.25, 0.3) is 0 Å². The zero-order valence-electron chi connectivity index (χ0n) is 10.5. The van der Waals surface area contributed by atoms with Crippen molar-refractivity contribution in [3.63, 3.8) is 0 Å². The van der Waals surface area contributed by atoms with Crippen LogP contribution in [0, 0.1) is 6.92 Å². The Hall–Kier alpha value is -1.20. The third-order valence-corrected chi connectivity index (χ3v) is 4.49. The molecule has 96 valence electrons. The van der Waals surface area contributed by atoms with Crippen molar-refractivity contribution >= 4 is 27.4 Å². The normalized spacial score (nSPS) is 14.1. The van der Waals surface area contributed by atoms with Gasteiger partial charge in [-0.25, -0.2) is 9.97 Å². The number of nitrogens with one attached hydrogen (secondary N) is 1. The molecule has 3 rings (SSSR count). The Labute approximate surface area is 110 Å². The Morgan fingerprint density at radius 3 is 3.06 bits per heavy atom. The number of nitrogens with zero attached hydrogens (tertiary/aromatic N) is 2. The van der Waals surface area contributed by atoms with Crippen molar-refractivity contribution in [2.24, 2.45) is 0 Å². The molecule has 4 nitrogen and oxygen atoms in total. The van der Waals surface area contributed by atoms with E-state index in [2.05, 4.69) is 15.3 Å². The monoisotopic (exact) mass is 263 g/mol. The number of thiophene rings is 1. The maximum atomic E-state index is 8.86. The van der Waals surface area contributed by atoms with E-state index in [1.165, 1.54) is 28.7 Å². The van der Waals surface area contributed by atoms with Crippen LogP contribution in [-0.4, -0.2) is 28.2 Å². The standard InChI is InChI=1S/C13H17N3OS/c1-8-15-12(14-6-3-7-17)11-9-4-2-5-10(9)18-13(11)16-8/h17H,2-7H2,1H3,(H,14,15,16). The van der Waals surface area contributed by atoms with Crippen LogP contribution >= 0.6 is 11.3 Å². The Balaban J connectivity index is 2.05. The first kappa shape index (κ1) is 11.9. The van der Waals surface area contributed by atoms with Crippen molar-refractivity contribution in [2.75, 3.05) is 18.5 Å². The SMILES string of the molecule is Cc1nc(NCCCO)c2c3c(sc2n1)CCC3. The summed E-state index contributed by atoms with van der Waals surface area (Å²) in [5.74, 6) is 1.76. The van der Waals surface area contributed by atoms with Gasteiger partial charge in [0, 0.05) is 18.0 Å². The molecule has 0 fully saturated rings. The van der Waals surface area contributed by atoms with E-state index in [4.69, 9.17) is 5.11 Å². The van der Waals surface area contributed by atoms with Gasteiger partial charge in [-0.3, -0.25) is 0 Å². The predicted molar refractivity (Wildman–Crippen MR) is 74.4 cm³/mol. The van der Waals surface area contributed by atoms with Gasteiger partial charge in [-0.15, -0.1) is 11.3 Å². The summed E-state index contributed by atoms with van der Waals surface area (Å²) in [7, 11) is 0. The smallest absolute Gasteiger partial charge is 0.138 e. The second kappa shape index (κ2) is 4.82. The molecule has 5 heteroatoms. The molecule has 0 spiro atoms.